The van der Waals surface area contributed by atoms with Crippen LogP contribution in [0.15, 0.2) is 36.4 Å². The van der Waals surface area contributed by atoms with Crippen molar-refractivity contribution in [3.05, 3.63) is 59.2 Å². The van der Waals surface area contributed by atoms with Crippen LogP contribution < -0.4 is 0 Å². The number of hydrogen-bond donors (Lipinski definition) is 0. The van der Waals surface area contributed by atoms with Crippen LogP contribution >= 0.6 is 0 Å². The molecule has 0 amide bonds. The highest BCUT2D eigenvalue weighted by atomic mass is 19.2. The molecule has 3 rings (SSSR count). The summed E-state index contributed by atoms with van der Waals surface area (Å²) in [5.41, 5.74) is 2.87. The molecular weight excluding hydrogens is 362 g/mol. The first-order valence-corrected chi connectivity index (χ1v) is 11.6. The molecule has 2 heteroatoms. The normalized spacial score (nSPS) is 20.6. The molecule has 1 atom stereocenters. The fourth-order valence-electron chi connectivity index (χ4n) is 5.09. The molecule has 1 unspecified atom stereocenters. The van der Waals surface area contributed by atoms with Crippen molar-refractivity contribution in [1.29, 1.82) is 0 Å². The molecular formula is C27H36F2. The van der Waals surface area contributed by atoms with E-state index in [1.54, 1.807) is 12.1 Å². The third kappa shape index (κ3) is 5.47. The largest absolute Gasteiger partial charge is 0.203 e. The number of hydrogen-bond acceptors (Lipinski definition) is 0. The predicted molar refractivity (Wildman–Crippen MR) is 119 cm³/mol. The summed E-state index contributed by atoms with van der Waals surface area (Å²) < 4.78 is 28.8. The SMILES string of the molecule is CCCc1ccc(-c2ccc(CC(C)C3CCC(CCC)CC3)cc2)c(F)c1F. The topological polar surface area (TPSA) is 0 Å². The summed E-state index contributed by atoms with van der Waals surface area (Å²) in [4.78, 5) is 0. The maximum absolute atomic E-state index is 14.5. The van der Waals surface area contributed by atoms with E-state index in [2.05, 4.69) is 26.0 Å². The highest BCUT2D eigenvalue weighted by molar-refractivity contribution is 5.65. The van der Waals surface area contributed by atoms with Gasteiger partial charge in [-0.1, -0.05) is 89.3 Å². The van der Waals surface area contributed by atoms with Crippen LogP contribution in [0.1, 0.15) is 76.8 Å². The second kappa shape index (κ2) is 10.4. The van der Waals surface area contributed by atoms with Crippen LogP contribution in [-0.2, 0) is 12.8 Å². The van der Waals surface area contributed by atoms with Gasteiger partial charge in [0.25, 0.3) is 0 Å². The number of halogens is 2. The van der Waals surface area contributed by atoms with E-state index in [1.165, 1.54) is 44.1 Å². The lowest BCUT2D eigenvalue weighted by molar-refractivity contribution is 0.206. The van der Waals surface area contributed by atoms with Gasteiger partial charge in [0, 0.05) is 5.56 Å². The van der Waals surface area contributed by atoms with Crippen molar-refractivity contribution in [3.63, 3.8) is 0 Å². The molecule has 1 aliphatic carbocycles. The summed E-state index contributed by atoms with van der Waals surface area (Å²) in [6.07, 6.45) is 10.6. The molecule has 0 heterocycles. The minimum Gasteiger partial charge on any atom is -0.203 e. The lowest BCUT2D eigenvalue weighted by Gasteiger charge is -2.32. The number of benzene rings is 2. The Morgan fingerprint density at radius 3 is 2.17 bits per heavy atom. The Kier molecular flexibility index (Phi) is 7.86. The van der Waals surface area contributed by atoms with Crippen molar-refractivity contribution in [2.45, 2.75) is 78.6 Å². The average Bonchev–Trinajstić information content (AvgIpc) is 2.73. The first-order valence-electron chi connectivity index (χ1n) is 11.6. The zero-order chi connectivity index (χ0) is 20.8. The van der Waals surface area contributed by atoms with E-state index in [0.717, 1.165) is 30.2 Å². The first-order chi connectivity index (χ1) is 14.0. The van der Waals surface area contributed by atoms with Crippen molar-refractivity contribution in [2.75, 3.05) is 0 Å². The van der Waals surface area contributed by atoms with Crippen LogP contribution in [0.5, 0.6) is 0 Å². The van der Waals surface area contributed by atoms with Gasteiger partial charge in [-0.25, -0.2) is 8.78 Å². The van der Waals surface area contributed by atoms with Crippen molar-refractivity contribution in [3.8, 4) is 11.1 Å². The van der Waals surface area contributed by atoms with E-state index < -0.39 is 11.6 Å². The van der Waals surface area contributed by atoms with Gasteiger partial charge in [0.05, 0.1) is 0 Å². The fourth-order valence-corrected chi connectivity index (χ4v) is 5.09. The minimum absolute atomic E-state index is 0.358. The van der Waals surface area contributed by atoms with Gasteiger partial charge in [-0.3, -0.25) is 0 Å². The highest BCUT2D eigenvalue weighted by Gasteiger charge is 2.25. The van der Waals surface area contributed by atoms with Crippen LogP contribution in [0, 0.1) is 29.4 Å². The third-order valence-corrected chi connectivity index (χ3v) is 6.90. The molecule has 1 saturated carbocycles. The number of rotatable bonds is 8. The van der Waals surface area contributed by atoms with E-state index in [0.29, 0.717) is 23.5 Å². The molecule has 29 heavy (non-hydrogen) atoms. The van der Waals surface area contributed by atoms with Gasteiger partial charge in [0.15, 0.2) is 11.6 Å². The Morgan fingerprint density at radius 2 is 1.55 bits per heavy atom. The molecule has 158 valence electrons. The molecule has 2 aromatic carbocycles. The summed E-state index contributed by atoms with van der Waals surface area (Å²) in [6, 6.07) is 11.5. The Morgan fingerprint density at radius 1 is 0.862 bits per heavy atom. The fraction of sp³-hybridized carbons (Fsp3) is 0.556. The predicted octanol–water partition coefficient (Wildman–Crippen LogP) is 8.37. The van der Waals surface area contributed by atoms with Crippen LogP contribution in [0.4, 0.5) is 8.78 Å². The van der Waals surface area contributed by atoms with E-state index in [-0.39, 0.29) is 0 Å². The van der Waals surface area contributed by atoms with Gasteiger partial charge in [0.2, 0.25) is 0 Å². The zero-order valence-electron chi connectivity index (χ0n) is 18.3. The van der Waals surface area contributed by atoms with E-state index >= 15 is 0 Å². The van der Waals surface area contributed by atoms with Crippen molar-refractivity contribution in [2.24, 2.45) is 17.8 Å². The van der Waals surface area contributed by atoms with E-state index in [9.17, 15) is 8.78 Å². The summed E-state index contributed by atoms with van der Waals surface area (Å²) >= 11 is 0. The van der Waals surface area contributed by atoms with Gasteiger partial charge >= 0.3 is 0 Å². The molecule has 1 fully saturated rings. The standard InChI is InChI=1S/C27H36F2/c1-4-6-20-8-12-22(13-9-20)19(3)18-21-10-14-23(15-11-21)25-17-16-24(7-5-2)26(28)27(25)29/h10-11,14-17,19-20,22H,4-9,12-13,18H2,1-3H3. The summed E-state index contributed by atoms with van der Waals surface area (Å²) in [5, 5.41) is 0. The lowest BCUT2D eigenvalue weighted by atomic mass is 9.73. The van der Waals surface area contributed by atoms with Crippen molar-refractivity contribution < 1.29 is 8.78 Å². The van der Waals surface area contributed by atoms with Crippen molar-refractivity contribution in [1.82, 2.24) is 0 Å². The van der Waals surface area contributed by atoms with E-state index in [1.807, 2.05) is 19.1 Å². The Balaban J connectivity index is 1.63. The Hall–Kier alpha value is -1.70. The Labute approximate surface area is 175 Å². The second-order valence-corrected chi connectivity index (χ2v) is 9.10. The van der Waals surface area contributed by atoms with Crippen molar-refractivity contribution >= 4 is 0 Å². The highest BCUT2D eigenvalue weighted by Crippen LogP contribution is 2.36. The van der Waals surface area contributed by atoms with Gasteiger partial charge < -0.3 is 0 Å². The molecule has 2 aromatic rings. The molecule has 0 radical (unpaired) electrons. The summed E-state index contributed by atoms with van der Waals surface area (Å²) in [7, 11) is 0. The summed E-state index contributed by atoms with van der Waals surface area (Å²) in [5.74, 6) is 1.02. The van der Waals surface area contributed by atoms with Gasteiger partial charge in [0.1, 0.15) is 0 Å². The maximum Gasteiger partial charge on any atom is 0.166 e. The molecule has 0 nitrogen and oxygen atoms in total. The molecule has 0 bridgehead atoms. The summed E-state index contributed by atoms with van der Waals surface area (Å²) in [6.45, 7) is 6.64. The maximum atomic E-state index is 14.5. The van der Waals surface area contributed by atoms with Crippen LogP contribution in [0.3, 0.4) is 0 Å². The van der Waals surface area contributed by atoms with Gasteiger partial charge in [-0.15, -0.1) is 0 Å². The number of aryl methyl sites for hydroxylation is 1. The van der Waals surface area contributed by atoms with E-state index in [4.69, 9.17) is 0 Å². The molecule has 0 spiro atoms. The molecule has 0 aliphatic heterocycles. The van der Waals surface area contributed by atoms with Gasteiger partial charge in [-0.2, -0.15) is 0 Å². The average molecular weight is 399 g/mol. The monoisotopic (exact) mass is 398 g/mol. The smallest absolute Gasteiger partial charge is 0.166 e. The first kappa shape index (κ1) is 22.0. The molecule has 0 saturated heterocycles. The van der Waals surface area contributed by atoms with Gasteiger partial charge in [-0.05, 0) is 60.1 Å². The minimum atomic E-state index is -0.721. The Bertz CT molecular complexity index is 770. The zero-order valence-corrected chi connectivity index (χ0v) is 18.3. The molecule has 0 aromatic heterocycles. The van der Waals surface area contributed by atoms with Crippen LogP contribution in [0.2, 0.25) is 0 Å². The third-order valence-electron chi connectivity index (χ3n) is 6.90. The van der Waals surface area contributed by atoms with Crippen LogP contribution in [0.25, 0.3) is 11.1 Å². The van der Waals surface area contributed by atoms with Crippen LogP contribution in [-0.4, -0.2) is 0 Å². The molecule has 0 N–H and O–H groups in total. The quantitative estimate of drug-likeness (QED) is 0.419. The molecule has 1 aliphatic rings. The second-order valence-electron chi connectivity index (χ2n) is 9.10. The lowest BCUT2D eigenvalue weighted by Crippen LogP contribution is -2.21.